The maximum atomic E-state index is 11.9. The largest absolute Gasteiger partial charge is 0.461 e. The average Bonchev–Trinajstić information content (AvgIpc) is 2.85. The standard InChI is InChI=1S/C12H8N2O2/c13-8-10(9-3-5-14-6-4-9)12(15)11-2-1-7-16-11/h1-7,10H. The number of nitriles is 1. The predicted molar refractivity (Wildman–Crippen MR) is 55.6 cm³/mol. The van der Waals surface area contributed by atoms with Crippen molar-refractivity contribution >= 4 is 5.78 Å². The molecule has 0 amide bonds. The smallest absolute Gasteiger partial charge is 0.219 e. The Kier molecular flexibility index (Phi) is 2.79. The molecule has 0 radical (unpaired) electrons. The molecular weight excluding hydrogens is 204 g/mol. The number of Topliss-reactive ketones (excluding diaryl/α,β-unsaturated/α-hetero) is 1. The Morgan fingerprint density at radius 1 is 1.38 bits per heavy atom. The van der Waals surface area contributed by atoms with Crippen molar-refractivity contribution in [2.24, 2.45) is 0 Å². The molecule has 1 atom stereocenters. The van der Waals surface area contributed by atoms with Crippen LogP contribution >= 0.6 is 0 Å². The molecule has 0 saturated heterocycles. The van der Waals surface area contributed by atoms with Crippen LogP contribution in [0.15, 0.2) is 47.3 Å². The van der Waals surface area contributed by atoms with Crippen LogP contribution in [-0.2, 0) is 0 Å². The molecule has 0 aliphatic heterocycles. The Hall–Kier alpha value is -2.41. The average molecular weight is 212 g/mol. The molecule has 1 unspecified atom stereocenters. The van der Waals surface area contributed by atoms with Crippen LogP contribution in [0.25, 0.3) is 0 Å². The van der Waals surface area contributed by atoms with Gasteiger partial charge in [0, 0.05) is 12.4 Å². The Bertz CT molecular complexity index is 512. The normalized spacial score (nSPS) is 11.7. The Morgan fingerprint density at radius 2 is 2.12 bits per heavy atom. The maximum absolute atomic E-state index is 11.9. The molecule has 2 heterocycles. The van der Waals surface area contributed by atoms with Crippen LogP contribution in [0.4, 0.5) is 0 Å². The highest BCUT2D eigenvalue weighted by Gasteiger charge is 2.23. The van der Waals surface area contributed by atoms with Crippen molar-refractivity contribution < 1.29 is 9.21 Å². The summed E-state index contributed by atoms with van der Waals surface area (Å²) in [6.45, 7) is 0. The topological polar surface area (TPSA) is 66.9 Å². The summed E-state index contributed by atoms with van der Waals surface area (Å²) >= 11 is 0. The summed E-state index contributed by atoms with van der Waals surface area (Å²) < 4.78 is 4.98. The van der Waals surface area contributed by atoms with Crippen molar-refractivity contribution in [1.82, 2.24) is 4.98 Å². The lowest BCUT2D eigenvalue weighted by molar-refractivity contribution is 0.0952. The molecule has 2 rings (SSSR count). The van der Waals surface area contributed by atoms with Gasteiger partial charge in [-0.3, -0.25) is 9.78 Å². The van der Waals surface area contributed by atoms with E-state index in [4.69, 9.17) is 9.68 Å². The summed E-state index contributed by atoms with van der Waals surface area (Å²) in [7, 11) is 0. The molecule has 4 heteroatoms. The number of hydrogen-bond donors (Lipinski definition) is 0. The van der Waals surface area contributed by atoms with Crippen LogP contribution in [0.1, 0.15) is 22.0 Å². The number of ketones is 1. The highest BCUT2D eigenvalue weighted by atomic mass is 16.3. The van der Waals surface area contributed by atoms with Gasteiger partial charge >= 0.3 is 0 Å². The molecule has 0 aliphatic rings. The molecule has 0 fully saturated rings. The zero-order valence-corrected chi connectivity index (χ0v) is 8.33. The number of aromatic nitrogens is 1. The van der Waals surface area contributed by atoms with E-state index in [1.165, 1.54) is 6.26 Å². The molecule has 2 aromatic rings. The van der Waals surface area contributed by atoms with E-state index in [2.05, 4.69) is 4.98 Å². The molecule has 2 aromatic heterocycles. The van der Waals surface area contributed by atoms with Gasteiger partial charge in [-0.05, 0) is 29.8 Å². The number of carbonyl (C=O) groups is 1. The van der Waals surface area contributed by atoms with E-state index >= 15 is 0 Å². The lowest BCUT2D eigenvalue weighted by Crippen LogP contribution is -2.10. The first-order chi connectivity index (χ1) is 7.83. The number of furan rings is 1. The summed E-state index contributed by atoms with van der Waals surface area (Å²) in [6, 6.07) is 8.43. The minimum Gasteiger partial charge on any atom is -0.461 e. The first-order valence-corrected chi connectivity index (χ1v) is 4.70. The van der Waals surface area contributed by atoms with Crippen molar-refractivity contribution in [3.05, 3.63) is 54.2 Å². The SMILES string of the molecule is N#CC(C(=O)c1ccco1)c1ccncc1. The van der Waals surface area contributed by atoms with Gasteiger partial charge in [-0.2, -0.15) is 5.26 Å². The van der Waals surface area contributed by atoms with Gasteiger partial charge in [0.05, 0.1) is 12.3 Å². The molecule has 0 aromatic carbocycles. The fourth-order valence-electron chi connectivity index (χ4n) is 1.40. The van der Waals surface area contributed by atoms with Gasteiger partial charge in [-0.15, -0.1) is 0 Å². The monoisotopic (exact) mass is 212 g/mol. The molecule has 16 heavy (non-hydrogen) atoms. The quantitative estimate of drug-likeness (QED) is 0.731. The van der Waals surface area contributed by atoms with Crippen LogP contribution in [0, 0.1) is 11.3 Å². The van der Waals surface area contributed by atoms with Crippen LogP contribution in [-0.4, -0.2) is 10.8 Å². The fourth-order valence-corrected chi connectivity index (χ4v) is 1.40. The van der Waals surface area contributed by atoms with E-state index in [1.807, 2.05) is 6.07 Å². The minimum absolute atomic E-state index is 0.198. The molecule has 0 bridgehead atoms. The van der Waals surface area contributed by atoms with E-state index in [1.54, 1.807) is 36.7 Å². The zero-order valence-electron chi connectivity index (χ0n) is 8.33. The second-order valence-electron chi connectivity index (χ2n) is 3.18. The van der Waals surface area contributed by atoms with Crippen LogP contribution in [0.2, 0.25) is 0 Å². The van der Waals surface area contributed by atoms with E-state index in [0.29, 0.717) is 5.56 Å². The molecule has 78 valence electrons. The van der Waals surface area contributed by atoms with Crippen LogP contribution in [0.3, 0.4) is 0 Å². The summed E-state index contributed by atoms with van der Waals surface area (Å²) in [5.74, 6) is -0.976. The van der Waals surface area contributed by atoms with E-state index in [-0.39, 0.29) is 11.5 Å². The number of hydrogen-bond acceptors (Lipinski definition) is 4. The minimum atomic E-state index is -0.839. The maximum Gasteiger partial charge on any atom is 0.219 e. The highest BCUT2D eigenvalue weighted by Crippen LogP contribution is 2.19. The molecule has 0 N–H and O–H groups in total. The van der Waals surface area contributed by atoms with Gasteiger partial charge in [-0.1, -0.05) is 0 Å². The number of nitrogens with zero attached hydrogens (tertiary/aromatic N) is 2. The first kappa shape index (κ1) is 10.1. The van der Waals surface area contributed by atoms with Gasteiger partial charge in [0.1, 0.15) is 5.92 Å². The van der Waals surface area contributed by atoms with Crippen molar-refractivity contribution in [2.45, 2.75) is 5.92 Å². The molecule has 0 saturated carbocycles. The molecule has 0 aliphatic carbocycles. The second-order valence-corrected chi connectivity index (χ2v) is 3.18. The van der Waals surface area contributed by atoms with E-state index in [9.17, 15) is 4.79 Å². The lowest BCUT2D eigenvalue weighted by atomic mass is 9.96. The van der Waals surface area contributed by atoms with Gasteiger partial charge in [0.25, 0.3) is 0 Å². The lowest BCUT2D eigenvalue weighted by Gasteiger charge is -2.05. The second kappa shape index (κ2) is 4.41. The van der Waals surface area contributed by atoms with Gasteiger partial charge in [-0.25, -0.2) is 0 Å². The summed E-state index contributed by atoms with van der Waals surface area (Å²) in [5.41, 5.74) is 0.624. The third kappa shape index (κ3) is 1.84. The summed E-state index contributed by atoms with van der Waals surface area (Å²) in [4.78, 5) is 15.7. The fraction of sp³-hybridized carbons (Fsp3) is 0.0833. The van der Waals surface area contributed by atoms with Crippen molar-refractivity contribution in [2.75, 3.05) is 0 Å². The van der Waals surface area contributed by atoms with Gasteiger partial charge < -0.3 is 4.42 Å². The Balaban J connectivity index is 2.32. The van der Waals surface area contributed by atoms with E-state index in [0.717, 1.165) is 0 Å². The molecule has 0 spiro atoms. The van der Waals surface area contributed by atoms with Crippen LogP contribution in [0.5, 0.6) is 0 Å². The third-order valence-corrected chi connectivity index (χ3v) is 2.19. The summed E-state index contributed by atoms with van der Waals surface area (Å²) in [6.07, 6.45) is 4.51. The Labute approximate surface area is 92.2 Å². The summed E-state index contributed by atoms with van der Waals surface area (Å²) in [5, 5.41) is 9.02. The number of pyridine rings is 1. The zero-order chi connectivity index (χ0) is 11.4. The van der Waals surface area contributed by atoms with Crippen molar-refractivity contribution in [3.8, 4) is 6.07 Å². The third-order valence-electron chi connectivity index (χ3n) is 2.19. The van der Waals surface area contributed by atoms with Gasteiger partial charge in [0.15, 0.2) is 5.76 Å². The molecule has 4 nitrogen and oxygen atoms in total. The Morgan fingerprint density at radius 3 is 2.69 bits per heavy atom. The van der Waals surface area contributed by atoms with Crippen LogP contribution < -0.4 is 0 Å². The highest BCUT2D eigenvalue weighted by molar-refractivity contribution is 6.00. The van der Waals surface area contributed by atoms with E-state index < -0.39 is 5.92 Å². The van der Waals surface area contributed by atoms with Crippen molar-refractivity contribution in [3.63, 3.8) is 0 Å². The predicted octanol–water partition coefficient (Wildman–Crippen LogP) is 2.16. The van der Waals surface area contributed by atoms with Gasteiger partial charge in [0.2, 0.25) is 5.78 Å². The number of rotatable bonds is 3. The first-order valence-electron chi connectivity index (χ1n) is 4.70. The number of carbonyl (C=O) groups excluding carboxylic acids is 1. The molecular formula is C12H8N2O2. The van der Waals surface area contributed by atoms with Crippen molar-refractivity contribution in [1.29, 1.82) is 5.26 Å².